The Labute approximate surface area is 43.3 Å². The lowest BCUT2D eigenvalue weighted by Crippen LogP contribution is -1.79. The third-order valence-corrected chi connectivity index (χ3v) is 0.911. The largest absolute Gasteiger partial charge is 0.108 e. The van der Waals surface area contributed by atoms with Crippen molar-refractivity contribution >= 4 is 11.8 Å². The maximum Gasteiger partial charge on any atom is 0.0114 e. The molecule has 0 nitrogen and oxygen atoms in total. The Morgan fingerprint density at radius 2 is 2.17 bits per heavy atom. The molecule has 0 amide bonds. The summed E-state index contributed by atoms with van der Waals surface area (Å²) in [6.07, 6.45) is 4.94. The van der Waals surface area contributed by atoms with Crippen LogP contribution in [0.1, 0.15) is 13.8 Å². The van der Waals surface area contributed by atoms with Gasteiger partial charge in [-0.05, 0) is 5.25 Å². The molecule has 0 bridgehead atoms. The summed E-state index contributed by atoms with van der Waals surface area (Å²) in [4.78, 5) is 0. The van der Waals surface area contributed by atoms with Crippen LogP contribution >= 0.6 is 11.8 Å². The maximum atomic E-state index is 4.94. The zero-order valence-electron chi connectivity index (χ0n) is 4.06. The van der Waals surface area contributed by atoms with Gasteiger partial charge in [-0.25, -0.2) is 0 Å². The van der Waals surface area contributed by atoms with E-state index in [1.54, 1.807) is 0 Å². The van der Waals surface area contributed by atoms with Gasteiger partial charge in [-0.15, -0.1) is 6.42 Å². The molecule has 0 saturated carbocycles. The second-order valence-corrected chi connectivity index (χ2v) is 2.70. The van der Waals surface area contributed by atoms with Gasteiger partial charge in [0.15, 0.2) is 0 Å². The molecule has 0 aromatic heterocycles. The fourth-order valence-corrected chi connectivity index (χ4v) is 0.408. The first kappa shape index (κ1) is 5.91. The van der Waals surface area contributed by atoms with E-state index in [-0.39, 0.29) is 0 Å². The first-order chi connectivity index (χ1) is 2.77. The van der Waals surface area contributed by atoms with Gasteiger partial charge in [-0.2, -0.15) is 0 Å². The number of rotatable bonds is 1. The van der Waals surface area contributed by atoms with Crippen LogP contribution in [0.25, 0.3) is 0 Å². The Bertz CT molecular complexity index is 58.8. The van der Waals surface area contributed by atoms with Crippen molar-refractivity contribution in [1.82, 2.24) is 0 Å². The average molecular weight is 100 g/mol. The Morgan fingerprint density at radius 1 is 1.67 bits per heavy atom. The van der Waals surface area contributed by atoms with Crippen LogP contribution in [-0.2, 0) is 0 Å². The van der Waals surface area contributed by atoms with Crippen molar-refractivity contribution in [3.05, 3.63) is 0 Å². The van der Waals surface area contributed by atoms with Crippen LogP contribution in [0.4, 0.5) is 0 Å². The third kappa shape index (κ3) is 3.91. The molecule has 0 saturated heterocycles. The van der Waals surface area contributed by atoms with Crippen LogP contribution in [0.3, 0.4) is 0 Å². The fourth-order valence-electron chi connectivity index (χ4n) is 0.136. The molecule has 0 aliphatic carbocycles. The Morgan fingerprint density at radius 3 is 2.17 bits per heavy atom. The molecule has 0 aliphatic heterocycles. The summed E-state index contributed by atoms with van der Waals surface area (Å²) in [5.74, 6) is 0. The van der Waals surface area contributed by atoms with Gasteiger partial charge in [0.2, 0.25) is 0 Å². The summed E-state index contributed by atoms with van der Waals surface area (Å²) in [6.45, 7) is 4.15. The van der Waals surface area contributed by atoms with E-state index in [9.17, 15) is 0 Å². The van der Waals surface area contributed by atoms with Crippen molar-refractivity contribution in [2.24, 2.45) is 0 Å². The zero-order chi connectivity index (χ0) is 4.99. The topological polar surface area (TPSA) is 0 Å². The highest BCUT2D eigenvalue weighted by molar-refractivity contribution is 8.04. The summed E-state index contributed by atoms with van der Waals surface area (Å²) in [5, 5.41) is 3.06. The number of thioether (sulfide) groups is 1. The fraction of sp³-hybridized carbons (Fsp3) is 0.600. The van der Waals surface area contributed by atoms with E-state index < -0.39 is 0 Å². The summed E-state index contributed by atoms with van der Waals surface area (Å²) in [5.41, 5.74) is 0. The van der Waals surface area contributed by atoms with Gasteiger partial charge in [-0.3, -0.25) is 0 Å². The summed E-state index contributed by atoms with van der Waals surface area (Å²) in [6, 6.07) is 0. The van der Waals surface area contributed by atoms with Gasteiger partial charge in [-0.1, -0.05) is 25.6 Å². The molecule has 0 N–H and O–H groups in total. The number of hydrogen-bond donors (Lipinski definition) is 0. The van der Waals surface area contributed by atoms with Crippen LogP contribution in [0.5, 0.6) is 0 Å². The highest BCUT2D eigenvalue weighted by Crippen LogP contribution is 2.03. The lowest BCUT2D eigenvalue weighted by molar-refractivity contribution is 1.12. The van der Waals surface area contributed by atoms with Crippen LogP contribution < -0.4 is 0 Å². The van der Waals surface area contributed by atoms with E-state index in [1.165, 1.54) is 11.8 Å². The van der Waals surface area contributed by atoms with Crippen molar-refractivity contribution in [3.8, 4) is 11.7 Å². The molecule has 0 aromatic rings. The Hall–Kier alpha value is -0.0900. The number of terminal acetylenes is 1. The highest BCUT2D eigenvalue weighted by Gasteiger charge is 1.83. The molecule has 6 heavy (non-hydrogen) atoms. The van der Waals surface area contributed by atoms with Crippen LogP contribution in [0, 0.1) is 11.7 Å². The van der Waals surface area contributed by atoms with E-state index in [0.717, 1.165) is 0 Å². The van der Waals surface area contributed by atoms with Gasteiger partial charge in [0, 0.05) is 5.25 Å². The molecule has 0 fully saturated rings. The van der Waals surface area contributed by atoms with Crippen LogP contribution in [0.2, 0.25) is 0 Å². The molecule has 34 valence electrons. The van der Waals surface area contributed by atoms with Crippen molar-refractivity contribution < 1.29 is 0 Å². The van der Waals surface area contributed by atoms with Crippen molar-refractivity contribution in [2.75, 3.05) is 0 Å². The molecule has 0 unspecified atom stereocenters. The normalized spacial score (nSPS) is 8.33. The zero-order valence-corrected chi connectivity index (χ0v) is 4.88. The monoisotopic (exact) mass is 100 g/mol. The summed E-state index contributed by atoms with van der Waals surface area (Å²) >= 11 is 1.51. The van der Waals surface area contributed by atoms with Gasteiger partial charge < -0.3 is 0 Å². The third-order valence-electron chi connectivity index (χ3n) is 0.304. The molecular formula is C5H8S. The molecule has 0 atom stereocenters. The minimum absolute atomic E-state index is 0.579. The highest BCUT2D eigenvalue weighted by atomic mass is 32.2. The minimum Gasteiger partial charge on any atom is -0.108 e. The average Bonchev–Trinajstić information content (AvgIpc) is 1.35. The first-order valence-corrected chi connectivity index (χ1v) is 2.76. The standard InChI is InChI=1S/C5H8S/c1-4-6-5(2)3/h1,5H,2-3H3. The van der Waals surface area contributed by atoms with Gasteiger partial charge in [0.25, 0.3) is 0 Å². The predicted molar refractivity (Wildman–Crippen MR) is 31.6 cm³/mol. The molecule has 0 spiro atoms. The van der Waals surface area contributed by atoms with Gasteiger partial charge >= 0.3 is 0 Å². The molecule has 1 heteroatoms. The second-order valence-electron chi connectivity index (χ2n) is 1.28. The Kier molecular flexibility index (Phi) is 3.07. The van der Waals surface area contributed by atoms with Crippen molar-refractivity contribution in [3.63, 3.8) is 0 Å². The van der Waals surface area contributed by atoms with Crippen LogP contribution in [0.15, 0.2) is 0 Å². The van der Waals surface area contributed by atoms with Crippen molar-refractivity contribution in [2.45, 2.75) is 19.1 Å². The van der Waals surface area contributed by atoms with Crippen LogP contribution in [-0.4, -0.2) is 5.25 Å². The predicted octanol–water partition coefficient (Wildman–Crippen LogP) is 1.72. The molecule has 0 radical (unpaired) electrons. The second kappa shape index (κ2) is 3.11. The Balaban J connectivity index is 2.88. The summed E-state index contributed by atoms with van der Waals surface area (Å²) in [7, 11) is 0. The first-order valence-electron chi connectivity index (χ1n) is 1.88. The molecule has 0 rings (SSSR count). The molecule has 0 heterocycles. The lowest BCUT2D eigenvalue weighted by Gasteiger charge is -1.89. The quantitative estimate of drug-likeness (QED) is 0.452. The maximum absolute atomic E-state index is 4.94. The van der Waals surface area contributed by atoms with Gasteiger partial charge in [0.05, 0.1) is 0 Å². The van der Waals surface area contributed by atoms with E-state index in [4.69, 9.17) is 6.42 Å². The SMILES string of the molecule is C#CSC(C)C. The summed E-state index contributed by atoms with van der Waals surface area (Å²) < 4.78 is 0. The minimum atomic E-state index is 0.579. The van der Waals surface area contributed by atoms with E-state index >= 15 is 0 Å². The molecule has 0 aliphatic rings. The van der Waals surface area contributed by atoms with Gasteiger partial charge in [0.1, 0.15) is 0 Å². The molecular weight excluding hydrogens is 92.1 g/mol. The van der Waals surface area contributed by atoms with Crippen molar-refractivity contribution in [1.29, 1.82) is 0 Å². The molecule has 0 aromatic carbocycles. The lowest BCUT2D eigenvalue weighted by atomic mass is 10.6. The number of hydrogen-bond acceptors (Lipinski definition) is 1. The van der Waals surface area contributed by atoms with E-state index in [1.807, 2.05) is 0 Å². The van der Waals surface area contributed by atoms with E-state index in [2.05, 4.69) is 19.1 Å². The smallest absolute Gasteiger partial charge is 0.0114 e. The van der Waals surface area contributed by atoms with E-state index in [0.29, 0.717) is 5.25 Å².